The third-order valence-corrected chi connectivity index (χ3v) is 6.13. The van der Waals surface area contributed by atoms with Crippen molar-refractivity contribution < 1.29 is 9.90 Å². The Hall–Kier alpha value is -2.78. The average molecular weight is 376 g/mol. The molecule has 3 nitrogen and oxygen atoms in total. The molecule has 0 saturated heterocycles. The third kappa shape index (κ3) is 2.62. The van der Waals surface area contributed by atoms with E-state index >= 15 is 0 Å². The van der Waals surface area contributed by atoms with Gasteiger partial charge in [-0.1, -0.05) is 48.0 Å². The highest BCUT2D eigenvalue weighted by atomic mass is 35.5. The molecule has 0 unspecified atom stereocenters. The number of halogens is 1. The van der Waals surface area contributed by atoms with E-state index < -0.39 is 5.97 Å². The molecule has 2 aliphatic rings. The lowest BCUT2D eigenvalue weighted by Crippen LogP contribution is -2.30. The van der Waals surface area contributed by atoms with Crippen molar-refractivity contribution in [1.29, 1.82) is 0 Å². The molecular formula is C23H18ClNO2. The smallest absolute Gasteiger partial charge is 0.335 e. The minimum Gasteiger partial charge on any atom is -0.478 e. The quantitative estimate of drug-likeness (QED) is 0.621. The first kappa shape index (κ1) is 16.4. The molecule has 0 saturated carbocycles. The number of benzene rings is 3. The van der Waals surface area contributed by atoms with Crippen LogP contribution in [0.1, 0.15) is 44.6 Å². The molecule has 3 atom stereocenters. The van der Waals surface area contributed by atoms with E-state index in [1.54, 1.807) is 6.07 Å². The summed E-state index contributed by atoms with van der Waals surface area (Å²) in [5, 5.41) is 13.8. The van der Waals surface area contributed by atoms with Gasteiger partial charge in [-0.3, -0.25) is 0 Å². The molecule has 2 N–H and O–H groups in total. The fourth-order valence-corrected chi connectivity index (χ4v) is 4.82. The molecule has 1 aliphatic carbocycles. The van der Waals surface area contributed by atoms with Gasteiger partial charge in [0.2, 0.25) is 0 Å². The zero-order valence-corrected chi connectivity index (χ0v) is 15.3. The monoisotopic (exact) mass is 375 g/mol. The van der Waals surface area contributed by atoms with E-state index in [4.69, 9.17) is 11.6 Å². The first-order valence-corrected chi connectivity index (χ1v) is 9.46. The van der Waals surface area contributed by atoms with Crippen molar-refractivity contribution in [3.8, 4) is 0 Å². The number of carboxylic acid groups (broad SMARTS) is 1. The van der Waals surface area contributed by atoms with E-state index in [0.29, 0.717) is 11.5 Å². The molecule has 0 spiro atoms. The first-order chi connectivity index (χ1) is 13.1. The van der Waals surface area contributed by atoms with E-state index in [2.05, 4.69) is 41.7 Å². The highest BCUT2D eigenvalue weighted by Gasteiger charge is 2.43. The number of carboxylic acids is 1. The summed E-state index contributed by atoms with van der Waals surface area (Å²) < 4.78 is 0. The Labute approximate surface area is 162 Å². The van der Waals surface area contributed by atoms with Crippen LogP contribution < -0.4 is 5.32 Å². The second-order valence-corrected chi connectivity index (χ2v) is 7.76. The summed E-state index contributed by atoms with van der Waals surface area (Å²) in [5.41, 5.74) is 6.29. The molecule has 1 heterocycles. The van der Waals surface area contributed by atoms with Gasteiger partial charge in [-0.2, -0.15) is 0 Å². The van der Waals surface area contributed by atoms with Crippen LogP contribution in [0, 0.1) is 5.92 Å². The fraction of sp³-hybridized carbons (Fsp3) is 0.174. The van der Waals surface area contributed by atoms with Crippen molar-refractivity contribution in [2.45, 2.75) is 18.4 Å². The number of carbonyl (C=O) groups is 1. The van der Waals surface area contributed by atoms with E-state index in [0.717, 1.165) is 22.7 Å². The van der Waals surface area contributed by atoms with Crippen LogP contribution in [0.4, 0.5) is 5.69 Å². The Bertz CT molecular complexity index is 1040. The van der Waals surface area contributed by atoms with Crippen LogP contribution in [0.15, 0.2) is 66.7 Å². The standard InChI is InChI=1S/C23H18ClNO2/c24-16-8-5-13(6-9-16)22-19-11-14-3-1-2-4-17(14)21(19)18-12-15(23(26)27)7-10-20(18)25-22/h1-10,12,19,21-22,25H,11H2,(H,26,27)/t19-,21+,22-/m1/s1. The van der Waals surface area contributed by atoms with Gasteiger partial charge in [-0.15, -0.1) is 0 Å². The van der Waals surface area contributed by atoms with Gasteiger partial charge in [0, 0.05) is 16.6 Å². The Kier molecular flexibility index (Phi) is 3.73. The van der Waals surface area contributed by atoms with Crippen molar-refractivity contribution >= 4 is 23.3 Å². The molecule has 0 aromatic heterocycles. The molecule has 134 valence electrons. The molecule has 3 aromatic rings. The van der Waals surface area contributed by atoms with Gasteiger partial charge in [0.05, 0.1) is 11.6 Å². The van der Waals surface area contributed by atoms with Crippen LogP contribution in [0.3, 0.4) is 0 Å². The molecule has 4 heteroatoms. The molecule has 0 fully saturated rings. The lowest BCUT2D eigenvalue weighted by Gasteiger charge is -2.38. The van der Waals surface area contributed by atoms with Crippen LogP contribution in [0.2, 0.25) is 5.02 Å². The molecule has 0 amide bonds. The first-order valence-electron chi connectivity index (χ1n) is 9.09. The van der Waals surface area contributed by atoms with Crippen molar-refractivity contribution in [3.63, 3.8) is 0 Å². The second-order valence-electron chi connectivity index (χ2n) is 7.33. The van der Waals surface area contributed by atoms with E-state index in [9.17, 15) is 9.90 Å². The number of aromatic carboxylic acids is 1. The van der Waals surface area contributed by atoms with Crippen LogP contribution in [0.25, 0.3) is 0 Å². The number of hydrogen-bond acceptors (Lipinski definition) is 2. The summed E-state index contributed by atoms with van der Waals surface area (Å²) in [4.78, 5) is 11.5. The number of nitrogens with one attached hydrogen (secondary N) is 1. The Morgan fingerprint density at radius 1 is 1.00 bits per heavy atom. The van der Waals surface area contributed by atoms with Crippen LogP contribution in [-0.2, 0) is 6.42 Å². The maximum Gasteiger partial charge on any atom is 0.335 e. The lowest BCUT2D eigenvalue weighted by atomic mass is 9.75. The van der Waals surface area contributed by atoms with Crippen LogP contribution in [-0.4, -0.2) is 11.1 Å². The molecule has 0 bridgehead atoms. The molecule has 1 aliphatic heterocycles. The number of fused-ring (bicyclic) bond motifs is 5. The van der Waals surface area contributed by atoms with E-state index in [1.807, 2.05) is 24.3 Å². The predicted octanol–water partition coefficient (Wildman–Crippen LogP) is 5.51. The maximum atomic E-state index is 11.5. The minimum absolute atomic E-state index is 0.155. The van der Waals surface area contributed by atoms with E-state index in [1.165, 1.54) is 16.7 Å². The average Bonchev–Trinajstić information content (AvgIpc) is 3.07. The van der Waals surface area contributed by atoms with Gasteiger partial charge < -0.3 is 10.4 Å². The largest absolute Gasteiger partial charge is 0.478 e. The number of hydrogen-bond donors (Lipinski definition) is 2. The number of rotatable bonds is 2. The molecule has 27 heavy (non-hydrogen) atoms. The van der Waals surface area contributed by atoms with Gasteiger partial charge in [-0.25, -0.2) is 4.79 Å². The summed E-state index contributed by atoms with van der Waals surface area (Å²) in [7, 11) is 0. The maximum absolute atomic E-state index is 11.5. The lowest BCUT2D eigenvalue weighted by molar-refractivity contribution is 0.0696. The zero-order valence-electron chi connectivity index (χ0n) is 14.5. The van der Waals surface area contributed by atoms with Crippen molar-refractivity contribution in [1.82, 2.24) is 0 Å². The molecule has 5 rings (SSSR count). The normalized spacial score (nSPS) is 22.3. The highest BCUT2D eigenvalue weighted by molar-refractivity contribution is 6.30. The van der Waals surface area contributed by atoms with E-state index in [-0.39, 0.29) is 12.0 Å². The van der Waals surface area contributed by atoms with Crippen LogP contribution in [0.5, 0.6) is 0 Å². The Morgan fingerprint density at radius 3 is 2.56 bits per heavy atom. The number of anilines is 1. The van der Waals surface area contributed by atoms with Gasteiger partial charge >= 0.3 is 5.97 Å². The summed E-state index contributed by atoms with van der Waals surface area (Å²) in [5.74, 6) is -0.363. The molecular weight excluding hydrogens is 358 g/mol. The van der Waals surface area contributed by atoms with Crippen molar-refractivity contribution in [2.24, 2.45) is 5.92 Å². The summed E-state index contributed by atoms with van der Waals surface area (Å²) in [6, 6.07) is 22.1. The second kappa shape index (κ2) is 6.14. The van der Waals surface area contributed by atoms with Gasteiger partial charge in [0.1, 0.15) is 0 Å². The summed E-state index contributed by atoms with van der Waals surface area (Å²) in [6.45, 7) is 0. The van der Waals surface area contributed by atoms with Gasteiger partial charge in [0.25, 0.3) is 0 Å². The van der Waals surface area contributed by atoms with Gasteiger partial charge in [0.15, 0.2) is 0 Å². The summed E-state index contributed by atoms with van der Waals surface area (Å²) in [6.07, 6.45) is 0.970. The minimum atomic E-state index is -0.888. The van der Waals surface area contributed by atoms with Crippen molar-refractivity contribution in [3.05, 3.63) is 99.6 Å². The third-order valence-electron chi connectivity index (χ3n) is 5.88. The zero-order chi connectivity index (χ0) is 18.5. The topological polar surface area (TPSA) is 49.3 Å². The highest BCUT2D eigenvalue weighted by Crippen LogP contribution is 2.53. The fourth-order valence-electron chi connectivity index (χ4n) is 4.69. The Balaban J connectivity index is 1.68. The summed E-state index contributed by atoms with van der Waals surface area (Å²) >= 11 is 6.09. The van der Waals surface area contributed by atoms with Crippen molar-refractivity contribution in [2.75, 3.05) is 5.32 Å². The Morgan fingerprint density at radius 2 is 1.78 bits per heavy atom. The SMILES string of the molecule is O=C(O)c1ccc2c(c1)[C@@H]1c3ccccc3C[C@H]1[C@@H](c1ccc(Cl)cc1)N2. The van der Waals surface area contributed by atoms with Gasteiger partial charge in [-0.05, 0) is 64.9 Å². The molecule has 0 radical (unpaired) electrons. The molecule has 3 aromatic carbocycles. The predicted molar refractivity (Wildman–Crippen MR) is 107 cm³/mol. The van der Waals surface area contributed by atoms with Crippen LogP contribution >= 0.6 is 11.6 Å².